The predicted molar refractivity (Wildman–Crippen MR) is 147 cm³/mol. The minimum Gasteiger partial charge on any atom is -0.467 e. The Balaban J connectivity index is 1.45. The fourth-order valence-corrected chi connectivity index (χ4v) is 6.10. The summed E-state index contributed by atoms with van der Waals surface area (Å²) in [5, 5.41) is 15.0. The van der Waals surface area contributed by atoms with Crippen LogP contribution in [0.3, 0.4) is 0 Å². The van der Waals surface area contributed by atoms with E-state index in [1.54, 1.807) is 60.2 Å². The number of benzene rings is 1. The molecule has 8 nitrogen and oxygen atoms in total. The van der Waals surface area contributed by atoms with Gasteiger partial charge in [-0.05, 0) is 66.5 Å². The van der Waals surface area contributed by atoms with Gasteiger partial charge in [-0.3, -0.25) is 14.9 Å². The zero-order chi connectivity index (χ0) is 26.9. The Bertz CT molecular complexity index is 1490. The molecule has 0 unspecified atom stereocenters. The van der Waals surface area contributed by atoms with Crippen LogP contribution < -0.4 is 5.32 Å². The number of hydrogen-bond donors (Lipinski definition) is 1. The van der Waals surface area contributed by atoms with Crippen LogP contribution in [0, 0.1) is 21.4 Å². The highest BCUT2D eigenvalue weighted by Gasteiger charge is 2.33. The van der Waals surface area contributed by atoms with Gasteiger partial charge in [0.25, 0.3) is 11.6 Å². The lowest BCUT2D eigenvalue weighted by Gasteiger charge is -2.33. The molecule has 38 heavy (non-hydrogen) atoms. The normalized spacial score (nSPS) is 15.5. The molecule has 1 aliphatic rings. The van der Waals surface area contributed by atoms with E-state index in [1.807, 2.05) is 6.07 Å². The van der Waals surface area contributed by atoms with Crippen molar-refractivity contribution in [3.05, 3.63) is 92.4 Å². The first-order valence-electron chi connectivity index (χ1n) is 12.5. The Labute approximate surface area is 224 Å². The lowest BCUT2D eigenvalue weighted by Crippen LogP contribution is -2.28. The van der Waals surface area contributed by atoms with E-state index in [4.69, 9.17) is 8.83 Å². The van der Waals surface area contributed by atoms with Crippen LogP contribution in [0.1, 0.15) is 59.5 Å². The van der Waals surface area contributed by atoms with Crippen LogP contribution >= 0.6 is 11.3 Å². The van der Waals surface area contributed by atoms with Crippen LogP contribution in [0.4, 0.5) is 10.7 Å². The summed E-state index contributed by atoms with van der Waals surface area (Å²) in [6, 6.07) is 13.5. The van der Waals surface area contributed by atoms with Gasteiger partial charge in [0.05, 0.1) is 35.1 Å². The number of amides is 1. The van der Waals surface area contributed by atoms with Crippen molar-refractivity contribution in [1.29, 1.82) is 0 Å². The van der Waals surface area contributed by atoms with Crippen molar-refractivity contribution in [1.82, 2.24) is 5.32 Å². The Morgan fingerprint density at radius 1 is 1.21 bits per heavy atom. The van der Waals surface area contributed by atoms with E-state index in [9.17, 15) is 14.9 Å². The number of hydrogen-bond acceptors (Lipinski definition) is 7. The molecular weight excluding hydrogens is 502 g/mol. The molecule has 0 radical (unpaired) electrons. The van der Waals surface area contributed by atoms with Crippen molar-refractivity contribution in [2.75, 3.05) is 0 Å². The molecule has 0 fully saturated rings. The molecule has 0 saturated carbocycles. The van der Waals surface area contributed by atoms with E-state index in [0.717, 1.165) is 24.8 Å². The topological polar surface area (TPSA) is 111 Å². The van der Waals surface area contributed by atoms with E-state index in [0.29, 0.717) is 45.9 Å². The zero-order valence-electron chi connectivity index (χ0n) is 21.5. The maximum atomic E-state index is 13.4. The molecule has 1 N–H and O–H groups in total. The number of carbonyl (C=O) groups excluding carboxylic acids is 1. The monoisotopic (exact) mass is 531 g/mol. The minimum atomic E-state index is -0.430. The van der Waals surface area contributed by atoms with Crippen molar-refractivity contribution in [3.8, 4) is 11.3 Å². The maximum Gasteiger partial charge on any atom is 0.280 e. The van der Waals surface area contributed by atoms with Crippen molar-refractivity contribution in [2.45, 2.75) is 46.6 Å². The molecule has 3 heterocycles. The third-order valence-corrected chi connectivity index (χ3v) is 8.17. The lowest BCUT2D eigenvalue weighted by molar-refractivity contribution is -0.384. The van der Waals surface area contributed by atoms with Gasteiger partial charge in [0.15, 0.2) is 0 Å². The van der Waals surface area contributed by atoms with E-state index >= 15 is 0 Å². The molecule has 3 aromatic heterocycles. The maximum absolute atomic E-state index is 13.4. The molecule has 1 amide bonds. The van der Waals surface area contributed by atoms with E-state index in [1.165, 1.54) is 10.9 Å². The van der Waals surface area contributed by atoms with Gasteiger partial charge in [-0.25, -0.2) is 4.99 Å². The summed E-state index contributed by atoms with van der Waals surface area (Å²) in [5.74, 6) is 1.85. The number of fused-ring (bicyclic) bond motifs is 1. The predicted octanol–water partition coefficient (Wildman–Crippen LogP) is 7.34. The van der Waals surface area contributed by atoms with Gasteiger partial charge in [0.1, 0.15) is 22.3 Å². The van der Waals surface area contributed by atoms with Gasteiger partial charge in [-0.2, -0.15) is 0 Å². The first kappa shape index (κ1) is 25.7. The Kier molecular flexibility index (Phi) is 7.03. The van der Waals surface area contributed by atoms with Crippen molar-refractivity contribution >= 4 is 34.1 Å². The molecule has 9 heteroatoms. The smallest absolute Gasteiger partial charge is 0.280 e. The number of carbonyl (C=O) groups is 1. The van der Waals surface area contributed by atoms with Crippen LogP contribution in [-0.2, 0) is 19.4 Å². The summed E-state index contributed by atoms with van der Waals surface area (Å²) in [6.07, 6.45) is 5.92. The van der Waals surface area contributed by atoms with Gasteiger partial charge in [-0.1, -0.05) is 32.9 Å². The number of nitro benzene ring substituents is 1. The van der Waals surface area contributed by atoms with Crippen LogP contribution in [0.15, 0.2) is 68.6 Å². The third kappa shape index (κ3) is 5.33. The molecule has 5 rings (SSSR count). The van der Waals surface area contributed by atoms with Gasteiger partial charge in [0.2, 0.25) is 0 Å². The fourth-order valence-electron chi connectivity index (χ4n) is 4.84. The largest absolute Gasteiger partial charge is 0.467 e. The number of nitro groups is 1. The second kappa shape index (κ2) is 10.4. The van der Waals surface area contributed by atoms with Crippen LogP contribution in [0.2, 0.25) is 0 Å². The Hall–Kier alpha value is -3.98. The van der Waals surface area contributed by atoms with Crippen molar-refractivity contribution < 1.29 is 18.6 Å². The standard InChI is InChI=1S/C29H29N3O5S/c1-29(2,3)18-10-12-22-25(15-18)38-28(26(22)27(33)30-16-19-7-6-14-36-19)31-17-20-11-13-24(37-20)21-8-4-5-9-23(21)32(34)35/h4-9,11,13-14,17-18H,10,12,15-16H2,1-3H3,(H,30,33)/t18-/m0/s1. The highest BCUT2D eigenvalue weighted by molar-refractivity contribution is 7.16. The minimum absolute atomic E-state index is 0.0276. The van der Waals surface area contributed by atoms with E-state index in [2.05, 4.69) is 31.1 Å². The molecule has 1 atom stereocenters. The summed E-state index contributed by atoms with van der Waals surface area (Å²) in [6.45, 7) is 7.08. The van der Waals surface area contributed by atoms with Crippen LogP contribution in [0.25, 0.3) is 11.3 Å². The average molecular weight is 532 g/mol. The number of thiophene rings is 1. The second-order valence-corrected chi connectivity index (χ2v) is 11.6. The van der Waals surface area contributed by atoms with Crippen LogP contribution in [0.5, 0.6) is 0 Å². The molecule has 196 valence electrons. The lowest BCUT2D eigenvalue weighted by atomic mass is 9.72. The van der Waals surface area contributed by atoms with E-state index in [-0.39, 0.29) is 17.0 Å². The van der Waals surface area contributed by atoms with Gasteiger partial charge in [0, 0.05) is 10.9 Å². The number of nitrogens with one attached hydrogen (secondary N) is 1. The number of rotatable bonds is 7. The number of nitrogens with zero attached hydrogens (tertiary/aromatic N) is 2. The summed E-state index contributed by atoms with van der Waals surface area (Å²) in [7, 11) is 0. The Morgan fingerprint density at radius 3 is 2.76 bits per heavy atom. The van der Waals surface area contributed by atoms with Gasteiger partial charge < -0.3 is 14.2 Å². The van der Waals surface area contributed by atoms with E-state index < -0.39 is 4.92 Å². The summed E-state index contributed by atoms with van der Waals surface area (Å²) >= 11 is 1.55. The summed E-state index contributed by atoms with van der Waals surface area (Å²) < 4.78 is 11.2. The average Bonchev–Trinajstić information content (AvgIpc) is 3.65. The van der Waals surface area contributed by atoms with Crippen molar-refractivity contribution in [3.63, 3.8) is 0 Å². The Morgan fingerprint density at radius 2 is 2.03 bits per heavy atom. The molecular formula is C29H29N3O5S. The van der Waals surface area contributed by atoms with Gasteiger partial charge in [-0.15, -0.1) is 11.3 Å². The number of para-hydroxylation sites is 1. The first-order valence-corrected chi connectivity index (χ1v) is 13.3. The van der Waals surface area contributed by atoms with Crippen molar-refractivity contribution in [2.24, 2.45) is 16.3 Å². The molecule has 1 aromatic carbocycles. The zero-order valence-corrected chi connectivity index (χ0v) is 22.3. The second-order valence-electron chi connectivity index (χ2n) is 10.5. The van der Waals surface area contributed by atoms with Crippen LogP contribution in [-0.4, -0.2) is 17.0 Å². The number of furan rings is 2. The molecule has 4 aromatic rings. The third-order valence-electron chi connectivity index (χ3n) is 7.00. The van der Waals surface area contributed by atoms with Gasteiger partial charge >= 0.3 is 0 Å². The molecule has 0 bridgehead atoms. The molecule has 0 aliphatic heterocycles. The quantitative estimate of drug-likeness (QED) is 0.152. The first-order chi connectivity index (χ1) is 18.2. The fraction of sp³-hybridized carbons (Fsp3) is 0.310. The molecule has 0 saturated heterocycles. The summed E-state index contributed by atoms with van der Waals surface area (Å²) in [4.78, 5) is 30.2. The SMILES string of the molecule is CC(C)(C)[C@H]1CCc2c(sc(N=Cc3ccc(-c4ccccc4[N+](=O)[O-])o3)c2C(=O)NCc2ccco2)C1. The molecule has 1 aliphatic carbocycles. The highest BCUT2D eigenvalue weighted by atomic mass is 32.1. The number of aliphatic imine (C=N–C) groups is 1. The molecule has 0 spiro atoms. The summed E-state index contributed by atoms with van der Waals surface area (Å²) in [5.41, 5.74) is 2.22. The highest BCUT2D eigenvalue weighted by Crippen LogP contribution is 2.45.